The van der Waals surface area contributed by atoms with Gasteiger partial charge in [-0.1, -0.05) is 12.1 Å². The number of ether oxygens (including phenoxy) is 1. The summed E-state index contributed by atoms with van der Waals surface area (Å²) < 4.78 is 20.9. The molecule has 3 atom stereocenters. The molecule has 2 fully saturated rings. The van der Waals surface area contributed by atoms with Gasteiger partial charge in [-0.05, 0) is 37.8 Å². The predicted octanol–water partition coefficient (Wildman–Crippen LogP) is 3.09. The first-order valence-electron chi connectivity index (χ1n) is 8.69. The summed E-state index contributed by atoms with van der Waals surface area (Å²) in [7, 11) is 0. The van der Waals surface area contributed by atoms with Crippen molar-refractivity contribution in [3.05, 3.63) is 42.5 Å². The number of fused-ring (bicyclic) bond motifs is 1. The molecule has 2 N–H and O–H groups in total. The Kier molecular flexibility index (Phi) is 4.40. The topological polar surface area (TPSA) is 68.2 Å². The summed E-state index contributed by atoms with van der Waals surface area (Å²) >= 11 is 0. The van der Waals surface area contributed by atoms with E-state index < -0.39 is 0 Å². The molecule has 132 valence electrons. The highest BCUT2D eigenvalue weighted by Gasteiger charge is 2.38. The molecule has 1 saturated heterocycles. The van der Waals surface area contributed by atoms with Crippen LogP contribution in [0, 0.1) is 11.7 Å². The molecule has 1 aromatic carbocycles. The molecule has 25 heavy (non-hydrogen) atoms. The summed E-state index contributed by atoms with van der Waals surface area (Å²) in [5, 5.41) is 9.95. The van der Waals surface area contributed by atoms with Crippen molar-refractivity contribution in [2.24, 2.45) is 5.92 Å². The third-order valence-electron chi connectivity index (χ3n) is 5.04. The fourth-order valence-corrected chi connectivity index (χ4v) is 3.85. The third-order valence-corrected chi connectivity index (χ3v) is 5.04. The van der Waals surface area contributed by atoms with Crippen LogP contribution in [0.25, 0.3) is 5.69 Å². The minimum atomic E-state index is -0.365. The van der Waals surface area contributed by atoms with Gasteiger partial charge >= 0.3 is 6.03 Å². The van der Waals surface area contributed by atoms with Crippen molar-refractivity contribution in [1.29, 1.82) is 0 Å². The Labute approximate surface area is 145 Å². The fourth-order valence-electron chi connectivity index (χ4n) is 3.85. The van der Waals surface area contributed by atoms with Crippen molar-refractivity contribution in [3.8, 4) is 5.69 Å². The Hall–Kier alpha value is -2.41. The number of aromatic nitrogens is 2. The standard InChI is InChI=1S/C18H21FN4O2/c19-14-4-1-2-6-16(14)23-11-12(10-20-23)21-18(24)22-15-5-3-7-17-13(15)8-9-25-17/h1-2,4,6,10-11,13,15,17H,3,5,7-9H2,(H2,21,22,24)/t13-,15+,17-/m0/s1. The van der Waals surface area contributed by atoms with Crippen molar-refractivity contribution in [2.75, 3.05) is 11.9 Å². The monoisotopic (exact) mass is 344 g/mol. The van der Waals surface area contributed by atoms with Gasteiger partial charge in [-0.15, -0.1) is 0 Å². The van der Waals surface area contributed by atoms with E-state index in [0.717, 1.165) is 32.3 Å². The first-order chi connectivity index (χ1) is 12.2. The van der Waals surface area contributed by atoms with E-state index in [-0.39, 0.29) is 24.0 Å². The number of carbonyl (C=O) groups excluding carboxylic acids is 1. The van der Waals surface area contributed by atoms with E-state index in [1.807, 2.05) is 0 Å². The van der Waals surface area contributed by atoms with Crippen molar-refractivity contribution in [2.45, 2.75) is 37.8 Å². The number of para-hydroxylation sites is 1. The van der Waals surface area contributed by atoms with Crippen LogP contribution in [0.1, 0.15) is 25.7 Å². The number of benzene rings is 1. The summed E-state index contributed by atoms with van der Waals surface area (Å²) in [6.07, 6.45) is 7.52. The van der Waals surface area contributed by atoms with Crippen LogP contribution in [0.2, 0.25) is 0 Å². The third kappa shape index (κ3) is 3.37. The molecule has 6 nitrogen and oxygen atoms in total. The van der Waals surface area contributed by atoms with Crippen LogP contribution in [0.5, 0.6) is 0 Å². The molecule has 4 rings (SSSR count). The molecular weight excluding hydrogens is 323 g/mol. The zero-order chi connectivity index (χ0) is 17.2. The fraction of sp³-hybridized carbons (Fsp3) is 0.444. The minimum absolute atomic E-state index is 0.142. The first-order valence-corrected chi connectivity index (χ1v) is 8.69. The predicted molar refractivity (Wildman–Crippen MR) is 91.2 cm³/mol. The molecule has 2 heterocycles. The van der Waals surface area contributed by atoms with Crippen LogP contribution in [0.3, 0.4) is 0 Å². The number of amides is 2. The van der Waals surface area contributed by atoms with Crippen LogP contribution in [0.15, 0.2) is 36.7 Å². The maximum Gasteiger partial charge on any atom is 0.319 e. The zero-order valence-corrected chi connectivity index (χ0v) is 13.8. The van der Waals surface area contributed by atoms with Gasteiger partial charge in [0.2, 0.25) is 0 Å². The Morgan fingerprint density at radius 2 is 2.16 bits per heavy atom. The van der Waals surface area contributed by atoms with Gasteiger partial charge in [0.25, 0.3) is 0 Å². The molecule has 2 aliphatic rings. The highest BCUT2D eigenvalue weighted by atomic mass is 19.1. The van der Waals surface area contributed by atoms with Gasteiger partial charge < -0.3 is 15.4 Å². The summed E-state index contributed by atoms with van der Waals surface area (Å²) in [6, 6.07) is 6.25. The first kappa shape index (κ1) is 16.1. The Bertz CT molecular complexity index is 763. The lowest BCUT2D eigenvalue weighted by Gasteiger charge is -2.33. The number of nitrogens with zero attached hydrogens (tertiary/aromatic N) is 2. The van der Waals surface area contributed by atoms with E-state index >= 15 is 0 Å². The normalized spacial score (nSPS) is 25.4. The number of anilines is 1. The SMILES string of the molecule is O=C(Nc1cnn(-c2ccccc2F)c1)N[C@@H]1CCC[C@@H]2OCC[C@H]21. The summed E-state index contributed by atoms with van der Waals surface area (Å²) in [5.41, 5.74) is 0.866. The van der Waals surface area contributed by atoms with E-state index in [1.54, 1.807) is 24.4 Å². The molecule has 1 aliphatic heterocycles. The Morgan fingerprint density at radius 3 is 3.04 bits per heavy atom. The number of hydrogen-bond acceptors (Lipinski definition) is 3. The lowest BCUT2D eigenvalue weighted by Crippen LogP contribution is -2.47. The summed E-state index contributed by atoms with van der Waals surface area (Å²) in [4.78, 5) is 12.3. The maximum atomic E-state index is 13.8. The zero-order valence-electron chi connectivity index (χ0n) is 13.8. The van der Waals surface area contributed by atoms with E-state index in [4.69, 9.17) is 4.74 Å². The average molecular weight is 344 g/mol. The summed E-state index contributed by atoms with van der Waals surface area (Å²) in [5.74, 6) is 0.0386. The number of halogens is 1. The molecule has 0 bridgehead atoms. The molecule has 0 unspecified atom stereocenters. The van der Waals surface area contributed by atoms with E-state index in [2.05, 4.69) is 15.7 Å². The van der Waals surface area contributed by atoms with Crippen LogP contribution >= 0.6 is 0 Å². The van der Waals surface area contributed by atoms with Crippen molar-refractivity contribution in [3.63, 3.8) is 0 Å². The molecule has 2 aromatic rings. The lowest BCUT2D eigenvalue weighted by molar-refractivity contribution is 0.0553. The van der Waals surface area contributed by atoms with Gasteiger partial charge in [0.05, 0.1) is 24.2 Å². The van der Waals surface area contributed by atoms with Gasteiger partial charge in [0.1, 0.15) is 11.5 Å². The van der Waals surface area contributed by atoms with Gasteiger partial charge in [0.15, 0.2) is 0 Å². The van der Waals surface area contributed by atoms with Crippen molar-refractivity contribution in [1.82, 2.24) is 15.1 Å². The largest absolute Gasteiger partial charge is 0.378 e. The Balaban J connectivity index is 1.39. The number of rotatable bonds is 3. The minimum Gasteiger partial charge on any atom is -0.378 e. The summed E-state index contributed by atoms with van der Waals surface area (Å²) in [6.45, 7) is 0.782. The molecule has 1 aromatic heterocycles. The number of hydrogen-bond donors (Lipinski definition) is 2. The number of urea groups is 1. The molecule has 2 amide bonds. The molecule has 7 heteroatoms. The molecular formula is C18H21FN4O2. The number of carbonyl (C=O) groups is 1. The maximum absolute atomic E-state index is 13.8. The molecule has 1 saturated carbocycles. The van der Waals surface area contributed by atoms with Gasteiger partial charge in [-0.25, -0.2) is 13.9 Å². The van der Waals surface area contributed by atoms with Gasteiger partial charge in [-0.2, -0.15) is 5.10 Å². The van der Waals surface area contributed by atoms with Gasteiger partial charge in [-0.3, -0.25) is 0 Å². The van der Waals surface area contributed by atoms with E-state index in [9.17, 15) is 9.18 Å². The second-order valence-corrected chi connectivity index (χ2v) is 6.62. The second-order valence-electron chi connectivity index (χ2n) is 6.62. The number of nitrogens with one attached hydrogen (secondary N) is 2. The van der Waals surface area contributed by atoms with Crippen LogP contribution in [-0.4, -0.2) is 34.6 Å². The highest BCUT2D eigenvalue weighted by molar-refractivity contribution is 5.89. The highest BCUT2D eigenvalue weighted by Crippen LogP contribution is 2.34. The smallest absolute Gasteiger partial charge is 0.319 e. The van der Waals surface area contributed by atoms with Crippen LogP contribution in [0.4, 0.5) is 14.9 Å². The van der Waals surface area contributed by atoms with E-state index in [1.165, 1.54) is 16.9 Å². The van der Waals surface area contributed by atoms with E-state index in [0.29, 0.717) is 17.3 Å². The molecule has 0 spiro atoms. The second kappa shape index (κ2) is 6.84. The van der Waals surface area contributed by atoms with Crippen molar-refractivity contribution < 1.29 is 13.9 Å². The van der Waals surface area contributed by atoms with Gasteiger partial charge in [0, 0.05) is 18.6 Å². The molecule has 0 radical (unpaired) electrons. The quantitative estimate of drug-likeness (QED) is 0.899. The lowest BCUT2D eigenvalue weighted by atomic mass is 9.82. The van der Waals surface area contributed by atoms with Crippen LogP contribution < -0.4 is 10.6 Å². The molecule has 1 aliphatic carbocycles. The Morgan fingerprint density at radius 1 is 1.28 bits per heavy atom. The van der Waals surface area contributed by atoms with Crippen LogP contribution in [-0.2, 0) is 4.74 Å². The average Bonchev–Trinajstić information content (AvgIpc) is 3.25. The van der Waals surface area contributed by atoms with Crippen molar-refractivity contribution >= 4 is 11.7 Å².